The van der Waals surface area contributed by atoms with Gasteiger partial charge in [-0.2, -0.15) is 4.98 Å². The molecule has 0 aliphatic carbocycles. The van der Waals surface area contributed by atoms with E-state index in [1.807, 2.05) is 19.1 Å². The molecule has 10 heteroatoms. The molecule has 0 bridgehead atoms. The van der Waals surface area contributed by atoms with Gasteiger partial charge in [0, 0.05) is 43.1 Å². The molecule has 0 amide bonds. The highest BCUT2D eigenvalue weighted by Crippen LogP contribution is 2.40. The lowest BCUT2D eigenvalue weighted by atomic mass is 9.99. The lowest BCUT2D eigenvalue weighted by Gasteiger charge is -2.34. The normalized spacial score (nSPS) is 14.9. The number of hydrogen-bond donors (Lipinski definition) is 1. The molecular weight excluding hydrogens is 517 g/mol. The highest BCUT2D eigenvalue weighted by molar-refractivity contribution is 5.85. The second-order valence-electron chi connectivity index (χ2n) is 9.98. The smallest absolute Gasteiger partial charge is 0.280 e. The van der Waals surface area contributed by atoms with Gasteiger partial charge in [0.1, 0.15) is 17.6 Å². The molecule has 5 rings (SSSR count). The van der Waals surface area contributed by atoms with E-state index < -0.39 is 18.3 Å². The van der Waals surface area contributed by atoms with Gasteiger partial charge in [0.2, 0.25) is 11.8 Å². The van der Waals surface area contributed by atoms with Crippen LogP contribution in [0.1, 0.15) is 36.4 Å². The summed E-state index contributed by atoms with van der Waals surface area (Å²) in [4.78, 5) is 17.4. The predicted octanol–water partition coefficient (Wildman–Crippen LogP) is 6.06. The second kappa shape index (κ2) is 11.5. The Labute approximate surface area is 231 Å². The fraction of sp³-hybridized carbons (Fsp3) is 0.300. The number of halogens is 3. The number of aromatic nitrogens is 3. The van der Waals surface area contributed by atoms with Crippen LogP contribution in [0.25, 0.3) is 22.4 Å². The number of nitrogens with zero attached hydrogens (tertiary/aromatic N) is 5. The summed E-state index contributed by atoms with van der Waals surface area (Å²) in [5.41, 5.74) is 9.80. The minimum absolute atomic E-state index is 0.0597. The van der Waals surface area contributed by atoms with E-state index in [4.69, 9.17) is 10.5 Å². The highest BCUT2D eigenvalue weighted by atomic mass is 19.3. The van der Waals surface area contributed by atoms with Crippen LogP contribution in [0.3, 0.4) is 0 Å². The minimum Gasteiger partial charge on any atom is -0.469 e. The molecule has 4 aromatic rings. The summed E-state index contributed by atoms with van der Waals surface area (Å²) in [6.07, 6.45) is -3.22. The van der Waals surface area contributed by atoms with E-state index >= 15 is 0 Å². The Hall–Kier alpha value is -4.18. The van der Waals surface area contributed by atoms with E-state index in [2.05, 4.69) is 43.9 Å². The molecule has 40 heavy (non-hydrogen) atoms. The molecule has 2 aromatic heterocycles. The predicted molar refractivity (Wildman–Crippen MR) is 150 cm³/mol. The molecular formula is C30H31F3N6O. The van der Waals surface area contributed by atoms with E-state index in [0.717, 1.165) is 37.4 Å². The first-order valence-corrected chi connectivity index (χ1v) is 13.1. The van der Waals surface area contributed by atoms with Crippen molar-refractivity contribution in [1.82, 2.24) is 19.9 Å². The summed E-state index contributed by atoms with van der Waals surface area (Å²) in [6.45, 7) is 7.46. The van der Waals surface area contributed by atoms with E-state index in [-0.39, 0.29) is 17.5 Å². The zero-order valence-corrected chi connectivity index (χ0v) is 22.6. The molecule has 0 radical (unpaired) electrons. The van der Waals surface area contributed by atoms with Crippen LogP contribution in [-0.4, -0.2) is 53.1 Å². The van der Waals surface area contributed by atoms with Crippen molar-refractivity contribution in [2.75, 3.05) is 43.9 Å². The van der Waals surface area contributed by atoms with Gasteiger partial charge in [0.25, 0.3) is 6.43 Å². The van der Waals surface area contributed by atoms with Crippen LogP contribution in [0, 0.1) is 12.7 Å². The van der Waals surface area contributed by atoms with Gasteiger partial charge >= 0.3 is 0 Å². The van der Waals surface area contributed by atoms with Gasteiger partial charge in [-0.15, -0.1) is 0 Å². The van der Waals surface area contributed by atoms with Crippen LogP contribution in [-0.2, 0) is 0 Å². The van der Waals surface area contributed by atoms with Gasteiger partial charge < -0.3 is 20.3 Å². The number of likely N-dealkylation sites (N-methyl/N-ethyl adjacent to an activating group) is 1. The van der Waals surface area contributed by atoms with E-state index in [9.17, 15) is 13.2 Å². The number of aryl methyl sites for hydroxylation is 1. The van der Waals surface area contributed by atoms with Crippen molar-refractivity contribution in [3.8, 4) is 28.3 Å². The topological polar surface area (TPSA) is 80.4 Å². The van der Waals surface area contributed by atoms with Crippen LogP contribution in [0.2, 0.25) is 0 Å². The number of piperazine rings is 1. The van der Waals surface area contributed by atoms with Gasteiger partial charge in [0.05, 0.1) is 11.3 Å². The van der Waals surface area contributed by atoms with Crippen molar-refractivity contribution in [3.05, 3.63) is 83.4 Å². The molecule has 1 aliphatic rings. The van der Waals surface area contributed by atoms with E-state index in [0.29, 0.717) is 28.1 Å². The molecule has 0 saturated carbocycles. The average molecular weight is 549 g/mol. The third-order valence-electron chi connectivity index (χ3n) is 7.02. The molecule has 0 spiro atoms. The molecule has 1 unspecified atom stereocenters. The summed E-state index contributed by atoms with van der Waals surface area (Å²) < 4.78 is 47.5. The Balaban J connectivity index is 1.54. The van der Waals surface area contributed by atoms with Crippen LogP contribution in [0.5, 0.6) is 5.88 Å². The first kappa shape index (κ1) is 27.4. The van der Waals surface area contributed by atoms with Gasteiger partial charge in [-0.05, 0) is 80.6 Å². The van der Waals surface area contributed by atoms with Crippen LogP contribution < -0.4 is 15.4 Å². The highest BCUT2D eigenvalue weighted by Gasteiger charge is 2.23. The molecule has 3 heterocycles. The van der Waals surface area contributed by atoms with Crippen molar-refractivity contribution in [1.29, 1.82) is 0 Å². The second-order valence-corrected chi connectivity index (χ2v) is 9.98. The summed E-state index contributed by atoms with van der Waals surface area (Å²) in [6, 6.07) is 16.8. The monoisotopic (exact) mass is 548 g/mol. The standard InChI is InChI=1S/C30H31F3N6O/c1-18-16-22(17-25(35-18)28(32)33)26-27(21-4-8-23(31)9-5-21)36-30(34)37-29(26)40-19(2)20-6-10-24(11-7-20)39-14-12-38(3)13-15-39/h4-11,16-17,19,28H,12-15H2,1-3H3,(H2,34,36,37). The SMILES string of the molecule is Cc1cc(-c2c(OC(C)c3ccc(N4CCN(C)CC4)cc3)nc(N)nc2-c2ccc(F)cc2)cc(C(F)F)n1. The number of alkyl halides is 2. The lowest BCUT2D eigenvalue weighted by Crippen LogP contribution is -2.44. The van der Waals surface area contributed by atoms with Gasteiger partial charge in [-0.25, -0.2) is 18.2 Å². The number of pyridine rings is 1. The third kappa shape index (κ3) is 6.02. The first-order chi connectivity index (χ1) is 19.2. The first-order valence-electron chi connectivity index (χ1n) is 13.1. The van der Waals surface area contributed by atoms with Crippen molar-refractivity contribution in [2.45, 2.75) is 26.4 Å². The molecule has 1 saturated heterocycles. The van der Waals surface area contributed by atoms with Crippen LogP contribution in [0.15, 0.2) is 60.7 Å². The van der Waals surface area contributed by atoms with Crippen molar-refractivity contribution in [2.24, 2.45) is 0 Å². The van der Waals surface area contributed by atoms with Crippen molar-refractivity contribution < 1.29 is 17.9 Å². The lowest BCUT2D eigenvalue weighted by molar-refractivity contribution is 0.146. The quantitative estimate of drug-likeness (QED) is 0.301. The number of rotatable bonds is 7. The summed E-state index contributed by atoms with van der Waals surface area (Å²) in [5, 5.41) is 0. The summed E-state index contributed by atoms with van der Waals surface area (Å²) in [5.74, 6) is -0.346. The zero-order chi connectivity index (χ0) is 28.4. The maximum Gasteiger partial charge on any atom is 0.280 e. The number of benzene rings is 2. The molecule has 208 valence electrons. The maximum absolute atomic E-state index is 13.7. The number of nitrogens with two attached hydrogens (primary N) is 1. The third-order valence-corrected chi connectivity index (χ3v) is 7.02. The van der Waals surface area contributed by atoms with Crippen LogP contribution >= 0.6 is 0 Å². The van der Waals surface area contributed by atoms with Crippen LogP contribution in [0.4, 0.5) is 24.8 Å². The average Bonchev–Trinajstić information content (AvgIpc) is 2.93. The summed E-state index contributed by atoms with van der Waals surface area (Å²) in [7, 11) is 2.12. The Kier molecular flexibility index (Phi) is 7.88. The number of hydrogen-bond acceptors (Lipinski definition) is 7. The molecule has 7 nitrogen and oxygen atoms in total. The fourth-order valence-corrected chi connectivity index (χ4v) is 4.83. The Morgan fingerprint density at radius 1 is 0.875 bits per heavy atom. The fourth-order valence-electron chi connectivity index (χ4n) is 4.83. The minimum atomic E-state index is -2.77. The molecule has 1 atom stereocenters. The Bertz CT molecular complexity index is 1470. The number of anilines is 2. The largest absolute Gasteiger partial charge is 0.469 e. The molecule has 1 aliphatic heterocycles. The Morgan fingerprint density at radius 3 is 2.20 bits per heavy atom. The van der Waals surface area contributed by atoms with Gasteiger partial charge in [-0.1, -0.05) is 12.1 Å². The molecule has 1 fully saturated rings. The molecule has 2 aromatic carbocycles. The van der Waals surface area contributed by atoms with Gasteiger partial charge in [-0.3, -0.25) is 4.98 Å². The van der Waals surface area contributed by atoms with E-state index in [1.165, 1.54) is 18.2 Å². The Morgan fingerprint density at radius 2 is 1.55 bits per heavy atom. The number of nitrogen functional groups attached to an aromatic ring is 1. The van der Waals surface area contributed by atoms with E-state index in [1.54, 1.807) is 25.1 Å². The van der Waals surface area contributed by atoms with Crippen molar-refractivity contribution >= 4 is 11.6 Å². The molecule has 2 N–H and O–H groups in total. The zero-order valence-electron chi connectivity index (χ0n) is 22.6. The van der Waals surface area contributed by atoms with Crippen molar-refractivity contribution in [3.63, 3.8) is 0 Å². The number of ether oxygens (including phenoxy) is 1. The maximum atomic E-state index is 13.7. The van der Waals surface area contributed by atoms with Gasteiger partial charge in [0.15, 0.2) is 0 Å². The summed E-state index contributed by atoms with van der Waals surface area (Å²) >= 11 is 0.